The number of carbonyl (C=O) groups excluding carboxylic acids is 1. The van der Waals surface area contributed by atoms with Gasteiger partial charge in [-0.2, -0.15) is 0 Å². The highest BCUT2D eigenvalue weighted by atomic mass is 16.5. The summed E-state index contributed by atoms with van der Waals surface area (Å²) in [6, 6.07) is 4.39. The molecule has 0 N–H and O–H groups in total. The maximum absolute atomic E-state index is 12.2. The second-order valence-corrected chi connectivity index (χ2v) is 8.13. The number of ether oxygens (including phenoxy) is 1. The number of hydrogen-bond donors (Lipinski definition) is 0. The average Bonchev–Trinajstić information content (AvgIpc) is 2.86. The van der Waals surface area contributed by atoms with E-state index in [1.54, 1.807) is 7.11 Å². The van der Waals surface area contributed by atoms with Gasteiger partial charge in [-0.25, -0.2) is 0 Å². The number of hydrogen-bond acceptors (Lipinski definition) is 2. The lowest BCUT2D eigenvalue weighted by Crippen LogP contribution is -2.42. The number of aryl methyl sites for hydroxylation is 1. The minimum atomic E-state index is 0.0168. The number of carbonyl (C=O) groups is 1. The monoisotopic (exact) mass is 322 g/mol. The standard InChI is InChI=1S/C22H26O2/c1-13-6-7-15-12-18-21(3)11-9-17(23)14(2)16(21)8-10-22(18,4)19(15)20(13)24-5/h6-7,12H,8-11H2,1-5H3/t21-,22+/m1/s1. The molecule has 1 aromatic rings. The molecule has 2 atom stereocenters. The SMILES string of the molecule is COc1c(C)ccc2c1[C@@]1(C)CCC3=C(C)C(=O)CC[C@@]3(C)C1=C2. The molecule has 1 fully saturated rings. The molecule has 24 heavy (non-hydrogen) atoms. The van der Waals surface area contributed by atoms with Crippen molar-refractivity contribution in [3.05, 3.63) is 45.5 Å². The summed E-state index contributed by atoms with van der Waals surface area (Å²) >= 11 is 0. The van der Waals surface area contributed by atoms with Gasteiger partial charge in [0.1, 0.15) is 5.75 Å². The molecular formula is C22H26O2. The third-order valence-electron chi connectivity index (χ3n) is 6.90. The number of allylic oxidation sites excluding steroid dienone is 3. The Balaban J connectivity index is 1.95. The summed E-state index contributed by atoms with van der Waals surface area (Å²) in [5.41, 5.74) is 7.78. The second kappa shape index (κ2) is 4.84. The van der Waals surface area contributed by atoms with Crippen LogP contribution in [0.15, 0.2) is 28.9 Å². The quantitative estimate of drug-likeness (QED) is 0.716. The predicted octanol–water partition coefficient (Wildman–Crippen LogP) is 5.14. The molecule has 0 radical (unpaired) electrons. The first-order chi connectivity index (χ1) is 11.3. The minimum Gasteiger partial charge on any atom is -0.496 e. The van der Waals surface area contributed by atoms with Crippen molar-refractivity contribution >= 4 is 11.9 Å². The molecule has 2 heteroatoms. The van der Waals surface area contributed by atoms with Crippen LogP contribution in [0, 0.1) is 12.3 Å². The van der Waals surface area contributed by atoms with E-state index < -0.39 is 0 Å². The molecule has 4 rings (SSSR count). The van der Waals surface area contributed by atoms with Crippen LogP contribution >= 0.6 is 0 Å². The summed E-state index contributed by atoms with van der Waals surface area (Å²) in [6.45, 7) is 8.89. The Morgan fingerprint density at radius 2 is 1.75 bits per heavy atom. The maximum atomic E-state index is 12.2. The van der Waals surface area contributed by atoms with E-state index in [2.05, 4.69) is 39.0 Å². The first-order valence-electron chi connectivity index (χ1n) is 8.97. The van der Waals surface area contributed by atoms with Crippen molar-refractivity contribution in [1.29, 1.82) is 0 Å². The van der Waals surface area contributed by atoms with E-state index in [4.69, 9.17) is 4.74 Å². The molecule has 0 saturated heterocycles. The van der Waals surface area contributed by atoms with Crippen molar-refractivity contribution < 1.29 is 9.53 Å². The molecule has 0 aromatic heterocycles. The molecule has 3 aliphatic rings. The van der Waals surface area contributed by atoms with E-state index in [0.29, 0.717) is 12.2 Å². The lowest BCUT2D eigenvalue weighted by Gasteiger charge is -2.50. The summed E-state index contributed by atoms with van der Waals surface area (Å²) < 4.78 is 5.81. The highest BCUT2D eigenvalue weighted by molar-refractivity contribution is 5.97. The zero-order valence-corrected chi connectivity index (χ0v) is 15.4. The van der Waals surface area contributed by atoms with E-state index in [0.717, 1.165) is 30.6 Å². The van der Waals surface area contributed by atoms with Crippen LogP contribution in [0.2, 0.25) is 0 Å². The van der Waals surface area contributed by atoms with Crippen LogP contribution in [0.3, 0.4) is 0 Å². The van der Waals surface area contributed by atoms with E-state index in [1.165, 1.54) is 27.8 Å². The maximum Gasteiger partial charge on any atom is 0.158 e. The highest BCUT2D eigenvalue weighted by Gasteiger charge is 2.53. The lowest BCUT2D eigenvalue weighted by atomic mass is 9.53. The zero-order chi connectivity index (χ0) is 17.3. The Morgan fingerprint density at radius 3 is 2.46 bits per heavy atom. The summed E-state index contributed by atoms with van der Waals surface area (Å²) in [4.78, 5) is 12.2. The third-order valence-corrected chi connectivity index (χ3v) is 6.90. The van der Waals surface area contributed by atoms with Crippen molar-refractivity contribution in [3.8, 4) is 5.75 Å². The summed E-state index contributed by atoms with van der Waals surface area (Å²) in [7, 11) is 1.78. The molecule has 0 heterocycles. The zero-order valence-electron chi connectivity index (χ0n) is 15.4. The fraction of sp³-hybridized carbons (Fsp3) is 0.500. The van der Waals surface area contributed by atoms with Gasteiger partial charge in [-0.3, -0.25) is 4.79 Å². The van der Waals surface area contributed by atoms with Gasteiger partial charge in [-0.1, -0.05) is 37.6 Å². The van der Waals surface area contributed by atoms with Gasteiger partial charge in [-0.05, 0) is 55.4 Å². The van der Waals surface area contributed by atoms with Gasteiger partial charge < -0.3 is 4.74 Å². The van der Waals surface area contributed by atoms with Crippen molar-refractivity contribution in [2.24, 2.45) is 5.41 Å². The molecule has 1 saturated carbocycles. The Hall–Kier alpha value is -1.83. The van der Waals surface area contributed by atoms with Crippen molar-refractivity contribution in [3.63, 3.8) is 0 Å². The topological polar surface area (TPSA) is 26.3 Å². The van der Waals surface area contributed by atoms with Crippen LogP contribution in [-0.2, 0) is 10.2 Å². The third kappa shape index (κ3) is 1.75. The van der Waals surface area contributed by atoms with Gasteiger partial charge in [0.25, 0.3) is 0 Å². The van der Waals surface area contributed by atoms with E-state index in [9.17, 15) is 4.79 Å². The average molecular weight is 322 g/mol. The van der Waals surface area contributed by atoms with E-state index in [1.807, 2.05) is 6.92 Å². The minimum absolute atomic E-state index is 0.0168. The van der Waals surface area contributed by atoms with Crippen LogP contribution in [0.1, 0.15) is 63.1 Å². The van der Waals surface area contributed by atoms with Crippen LogP contribution in [0.5, 0.6) is 5.75 Å². The molecule has 0 bridgehead atoms. The molecule has 126 valence electrons. The Morgan fingerprint density at radius 1 is 1.04 bits per heavy atom. The van der Waals surface area contributed by atoms with Crippen molar-refractivity contribution in [1.82, 2.24) is 0 Å². The smallest absolute Gasteiger partial charge is 0.158 e. The van der Waals surface area contributed by atoms with E-state index >= 15 is 0 Å². The predicted molar refractivity (Wildman–Crippen MR) is 97.3 cm³/mol. The molecule has 0 spiro atoms. The largest absolute Gasteiger partial charge is 0.496 e. The van der Waals surface area contributed by atoms with Crippen LogP contribution < -0.4 is 4.74 Å². The first-order valence-corrected chi connectivity index (χ1v) is 8.97. The van der Waals surface area contributed by atoms with Crippen LogP contribution in [-0.4, -0.2) is 12.9 Å². The highest BCUT2D eigenvalue weighted by Crippen LogP contribution is 2.63. The Bertz CT molecular complexity index is 827. The number of fused-ring (bicyclic) bond motifs is 5. The Kier molecular flexibility index (Phi) is 3.16. The van der Waals surface area contributed by atoms with E-state index in [-0.39, 0.29) is 10.8 Å². The van der Waals surface area contributed by atoms with Gasteiger partial charge in [0.05, 0.1) is 7.11 Å². The number of benzene rings is 1. The molecule has 3 aliphatic carbocycles. The van der Waals surface area contributed by atoms with Gasteiger partial charge in [-0.15, -0.1) is 0 Å². The van der Waals surface area contributed by atoms with Gasteiger partial charge in [0, 0.05) is 22.8 Å². The number of ketones is 1. The van der Waals surface area contributed by atoms with Gasteiger partial charge in [0.15, 0.2) is 5.78 Å². The number of methoxy groups -OCH3 is 1. The molecule has 0 unspecified atom stereocenters. The summed E-state index contributed by atoms with van der Waals surface area (Å²) in [6.07, 6.45) is 6.07. The fourth-order valence-corrected chi connectivity index (χ4v) is 5.55. The van der Waals surface area contributed by atoms with Gasteiger partial charge in [0.2, 0.25) is 0 Å². The second-order valence-electron chi connectivity index (χ2n) is 8.13. The first kappa shape index (κ1) is 15.7. The molecular weight excluding hydrogens is 296 g/mol. The Labute approximate surface area is 144 Å². The van der Waals surface area contributed by atoms with Crippen molar-refractivity contribution in [2.45, 2.75) is 58.8 Å². The molecule has 0 amide bonds. The van der Waals surface area contributed by atoms with Crippen LogP contribution in [0.4, 0.5) is 0 Å². The van der Waals surface area contributed by atoms with Gasteiger partial charge >= 0.3 is 0 Å². The lowest BCUT2D eigenvalue weighted by molar-refractivity contribution is -0.116. The molecule has 0 aliphatic heterocycles. The summed E-state index contributed by atoms with van der Waals surface area (Å²) in [5.74, 6) is 1.39. The summed E-state index contributed by atoms with van der Waals surface area (Å²) in [5, 5.41) is 0. The number of rotatable bonds is 1. The normalized spacial score (nSPS) is 31.4. The molecule has 2 nitrogen and oxygen atoms in total. The van der Waals surface area contributed by atoms with Crippen molar-refractivity contribution in [2.75, 3.05) is 7.11 Å². The molecule has 1 aromatic carbocycles. The fourth-order valence-electron chi connectivity index (χ4n) is 5.55. The number of Topliss-reactive ketones (excluding diaryl/α,β-unsaturated/α-hetero) is 1. The van der Waals surface area contributed by atoms with Crippen LogP contribution in [0.25, 0.3) is 6.08 Å².